The Kier molecular flexibility index (Phi) is 3.58. The lowest BCUT2D eigenvalue weighted by Gasteiger charge is -2.51. The summed E-state index contributed by atoms with van der Waals surface area (Å²) in [6.45, 7) is 14.5. The fraction of sp³-hybridized carbons (Fsp3) is 1.00. The Labute approximate surface area is 96.8 Å². The van der Waals surface area contributed by atoms with Gasteiger partial charge in [-0.3, -0.25) is 0 Å². The van der Waals surface area contributed by atoms with Gasteiger partial charge in [0, 0.05) is 0 Å². The smallest absolute Gasteiger partial charge is 0.0244 e. The third-order valence-corrected chi connectivity index (χ3v) is 4.27. The molecule has 90 valence electrons. The van der Waals surface area contributed by atoms with E-state index in [0.29, 0.717) is 16.2 Å². The van der Waals surface area contributed by atoms with Crippen LogP contribution in [-0.2, 0) is 0 Å². The first-order chi connectivity index (χ1) is 6.66. The average molecular weight is 210 g/mol. The maximum Gasteiger partial charge on any atom is -0.0244 e. The average Bonchev–Trinajstić information content (AvgIpc) is 2.00. The molecule has 0 N–H and O–H groups in total. The number of hydrogen-bond acceptors (Lipinski definition) is 0. The van der Waals surface area contributed by atoms with Gasteiger partial charge < -0.3 is 0 Å². The molecule has 1 aliphatic carbocycles. The van der Waals surface area contributed by atoms with Crippen molar-refractivity contribution in [3.8, 4) is 0 Å². The summed E-state index contributed by atoms with van der Waals surface area (Å²) in [5, 5.41) is 0. The molecule has 0 bridgehead atoms. The molecule has 15 heavy (non-hydrogen) atoms. The minimum absolute atomic E-state index is 0.473. The maximum atomic E-state index is 2.45. The van der Waals surface area contributed by atoms with Crippen LogP contribution in [-0.4, -0.2) is 0 Å². The Balaban J connectivity index is 2.86. The molecule has 0 aromatic carbocycles. The molecule has 0 radical (unpaired) electrons. The van der Waals surface area contributed by atoms with Crippen molar-refractivity contribution in [2.75, 3.05) is 0 Å². The van der Waals surface area contributed by atoms with Gasteiger partial charge in [0.15, 0.2) is 0 Å². The monoisotopic (exact) mass is 210 g/mol. The highest BCUT2D eigenvalue weighted by molar-refractivity contribution is 4.94. The van der Waals surface area contributed by atoms with Crippen LogP contribution in [0.25, 0.3) is 0 Å². The minimum Gasteiger partial charge on any atom is -0.0602 e. The van der Waals surface area contributed by atoms with Crippen molar-refractivity contribution in [3.63, 3.8) is 0 Å². The first-order valence-corrected chi connectivity index (χ1v) is 6.66. The molecule has 1 fully saturated rings. The highest BCUT2D eigenvalue weighted by Gasteiger charge is 2.44. The Morgan fingerprint density at radius 3 is 1.60 bits per heavy atom. The molecule has 0 amide bonds. The molecule has 1 saturated carbocycles. The Hall–Kier alpha value is 0. The van der Waals surface area contributed by atoms with E-state index in [9.17, 15) is 0 Å². The van der Waals surface area contributed by atoms with E-state index >= 15 is 0 Å². The Bertz CT molecular complexity index is 193. The quantitative estimate of drug-likeness (QED) is 0.542. The summed E-state index contributed by atoms with van der Waals surface area (Å²) < 4.78 is 0. The van der Waals surface area contributed by atoms with Crippen LogP contribution in [0.2, 0.25) is 0 Å². The topological polar surface area (TPSA) is 0 Å². The van der Waals surface area contributed by atoms with Gasteiger partial charge in [0.1, 0.15) is 0 Å². The van der Waals surface area contributed by atoms with Gasteiger partial charge in [-0.15, -0.1) is 0 Å². The second-order valence-corrected chi connectivity index (χ2v) is 7.83. The van der Waals surface area contributed by atoms with Gasteiger partial charge in [-0.1, -0.05) is 60.8 Å². The third kappa shape index (κ3) is 3.23. The first-order valence-electron chi connectivity index (χ1n) is 6.66. The maximum absolute atomic E-state index is 2.45. The SMILES string of the molecule is CC(C)(C)CC1(C(C)(C)C)CCCCC1. The first kappa shape index (κ1) is 13.1. The van der Waals surface area contributed by atoms with E-state index in [-0.39, 0.29) is 0 Å². The molecule has 0 atom stereocenters. The predicted octanol–water partition coefficient (Wildman–Crippen LogP) is 5.42. The molecule has 0 aromatic heterocycles. The van der Waals surface area contributed by atoms with Gasteiger partial charge >= 0.3 is 0 Å². The Morgan fingerprint density at radius 1 is 0.800 bits per heavy atom. The van der Waals surface area contributed by atoms with Gasteiger partial charge in [0.2, 0.25) is 0 Å². The zero-order chi connectivity index (χ0) is 11.7. The van der Waals surface area contributed by atoms with Crippen molar-refractivity contribution in [2.45, 2.75) is 80.1 Å². The van der Waals surface area contributed by atoms with Crippen LogP contribution in [0.15, 0.2) is 0 Å². The van der Waals surface area contributed by atoms with E-state index in [1.807, 2.05) is 0 Å². The van der Waals surface area contributed by atoms with Crippen LogP contribution >= 0.6 is 0 Å². The van der Waals surface area contributed by atoms with Gasteiger partial charge in [0.05, 0.1) is 0 Å². The van der Waals surface area contributed by atoms with Crippen molar-refractivity contribution in [1.82, 2.24) is 0 Å². The van der Waals surface area contributed by atoms with Crippen LogP contribution < -0.4 is 0 Å². The highest BCUT2D eigenvalue weighted by atomic mass is 14.5. The lowest BCUT2D eigenvalue weighted by Crippen LogP contribution is -2.40. The molecule has 0 spiro atoms. The molecule has 1 aliphatic rings. The predicted molar refractivity (Wildman–Crippen MR) is 69.0 cm³/mol. The summed E-state index contributed by atoms with van der Waals surface area (Å²) in [5.74, 6) is 0. The van der Waals surface area contributed by atoms with E-state index in [0.717, 1.165) is 0 Å². The third-order valence-electron chi connectivity index (χ3n) is 4.27. The molecule has 0 heteroatoms. The van der Waals surface area contributed by atoms with E-state index in [1.54, 1.807) is 0 Å². The molecular formula is C15H30. The van der Waals surface area contributed by atoms with Crippen molar-refractivity contribution in [1.29, 1.82) is 0 Å². The van der Waals surface area contributed by atoms with Crippen molar-refractivity contribution >= 4 is 0 Å². The largest absolute Gasteiger partial charge is 0.0602 e. The summed E-state index contributed by atoms with van der Waals surface area (Å²) in [6.07, 6.45) is 8.66. The summed E-state index contributed by atoms with van der Waals surface area (Å²) in [6, 6.07) is 0. The molecule has 0 aliphatic heterocycles. The van der Waals surface area contributed by atoms with Crippen LogP contribution in [0.5, 0.6) is 0 Å². The lowest BCUT2D eigenvalue weighted by atomic mass is 9.54. The van der Waals surface area contributed by atoms with Crippen LogP contribution in [0.3, 0.4) is 0 Å². The number of rotatable bonds is 1. The van der Waals surface area contributed by atoms with Gasteiger partial charge in [0.25, 0.3) is 0 Å². The van der Waals surface area contributed by atoms with Crippen molar-refractivity contribution in [3.05, 3.63) is 0 Å². The van der Waals surface area contributed by atoms with Gasteiger partial charge in [-0.25, -0.2) is 0 Å². The normalized spacial score (nSPS) is 22.8. The molecule has 0 heterocycles. The van der Waals surface area contributed by atoms with Crippen LogP contribution in [0.4, 0.5) is 0 Å². The van der Waals surface area contributed by atoms with E-state index in [2.05, 4.69) is 41.5 Å². The summed E-state index contributed by atoms with van der Waals surface area (Å²) in [4.78, 5) is 0. The second kappa shape index (κ2) is 4.11. The standard InChI is InChI=1S/C15H30/c1-13(2,3)12-15(14(4,5)6)10-8-7-9-11-15/h7-12H2,1-6H3. The highest BCUT2D eigenvalue weighted by Crippen LogP contribution is 2.55. The molecule has 1 rings (SSSR count). The number of hydrogen-bond donors (Lipinski definition) is 0. The molecular weight excluding hydrogens is 180 g/mol. The summed E-state index contributed by atoms with van der Waals surface area (Å²) in [7, 11) is 0. The zero-order valence-corrected chi connectivity index (χ0v) is 11.7. The second-order valence-electron chi connectivity index (χ2n) is 7.83. The molecule has 0 aromatic rings. The van der Waals surface area contributed by atoms with E-state index in [4.69, 9.17) is 0 Å². The summed E-state index contributed by atoms with van der Waals surface area (Å²) in [5.41, 5.74) is 1.55. The zero-order valence-electron chi connectivity index (χ0n) is 11.7. The lowest BCUT2D eigenvalue weighted by molar-refractivity contribution is -0.00188. The van der Waals surface area contributed by atoms with Crippen molar-refractivity contribution < 1.29 is 0 Å². The van der Waals surface area contributed by atoms with Crippen molar-refractivity contribution in [2.24, 2.45) is 16.2 Å². The fourth-order valence-corrected chi connectivity index (χ4v) is 3.44. The summed E-state index contributed by atoms with van der Waals surface area (Å²) >= 11 is 0. The fourth-order valence-electron chi connectivity index (χ4n) is 3.44. The van der Waals surface area contributed by atoms with Crippen LogP contribution in [0.1, 0.15) is 80.1 Å². The molecule has 0 unspecified atom stereocenters. The minimum atomic E-state index is 0.473. The van der Waals surface area contributed by atoms with E-state index in [1.165, 1.54) is 38.5 Å². The Morgan fingerprint density at radius 2 is 1.27 bits per heavy atom. The molecule has 0 saturated heterocycles. The van der Waals surface area contributed by atoms with Crippen LogP contribution in [0, 0.1) is 16.2 Å². The van der Waals surface area contributed by atoms with E-state index < -0.39 is 0 Å². The van der Waals surface area contributed by atoms with Gasteiger partial charge in [-0.05, 0) is 35.5 Å². The molecule has 0 nitrogen and oxygen atoms in total. The van der Waals surface area contributed by atoms with Gasteiger partial charge in [-0.2, -0.15) is 0 Å².